The van der Waals surface area contributed by atoms with Gasteiger partial charge in [0.25, 0.3) is 0 Å². The summed E-state index contributed by atoms with van der Waals surface area (Å²) in [6, 6.07) is 12.5. The molecule has 0 bridgehead atoms. The summed E-state index contributed by atoms with van der Waals surface area (Å²) in [5, 5.41) is 13.5. The van der Waals surface area contributed by atoms with Crippen LogP contribution in [0.5, 0.6) is 0 Å². The molecule has 2 aromatic rings. The number of aliphatic hydroxyl groups excluding tert-OH is 1. The highest BCUT2D eigenvalue weighted by atomic mass is 19.1. The molecule has 1 atom stereocenters. The second kappa shape index (κ2) is 8.22. The van der Waals surface area contributed by atoms with Crippen LogP contribution in [0.25, 0.3) is 0 Å². The Morgan fingerprint density at radius 1 is 1.28 bits per heavy atom. The molecular weight excluding hydrogens is 371 g/mol. The zero-order chi connectivity index (χ0) is 20.4. The number of amides is 1. The number of aliphatic hydroxyl groups is 1. The lowest BCUT2D eigenvalue weighted by atomic mass is 9.83. The molecule has 4 rings (SSSR count). The van der Waals surface area contributed by atoms with Crippen LogP contribution in [0.15, 0.2) is 42.5 Å². The van der Waals surface area contributed by atoms with Gasteiger partial charge in [-0.1, -0.05) is 24.3 Å². The number of hydrogen-bond donors (Lipinski definition) is 2. The van der Waals surface area contributed by atoms with Gasteiger partial charge in [0.05, 0.1) is 18.3 Å². The summed E-state index contributed by atoms with van der Waals surface area (Å²) >= 11 is 0. The Morgan fingerprint density at radius 2 is 2.03 bits per heavy atom. The molecule has 0 radical (unpaired) electrons. The number of halogens is 1. The topological polar surface area (TPSA) is 61.8 Å². The third-order valence-corrected chi connectivity index (χ3v) is 5.98. The first-order valence-corrected chi connectivity index (χ1v) is 10.1. The van der Waals surface area contributed by atoms with E-state index in [9.17, 15) is 14.3 Å². The molecule has 0 unspecified atom stereocenters. The Balaban J connectivity index is 1.35. The molecule has 1 spiro atoms. The van der Waals surface area contributed by atoms with Gasteiger partial charge in [0.15, 0.2) is 0 Å². The number of piperidine rings is 1. The van der Waals surface area contributed by atoms with Crippen LogP contribution in [0.1, 0.15) is 36.5 Å². The Labute approximate surface area is 170 Å². The zero-order valence-corrected chi connectivity index (χ0v) is 16.7. The van der Waals surface area contributed by atoms with Gasteiger partial charge in [0.1, 0.15) is 5.82 Å². The van der Waals surface area contributed by atoms with E-state index < -0.39 is 6.10 Å². The van der Waals surface area contributed by atoms with Crippen molar-refractivity contribution in [2.75, 3.05) is 25.0 Å². The van der Waals surface area contributed by atoms with Crippen LogP contribution in [0.4, 0.5) is 10.1 Å². The van der Waals surface area contributed by atoms with Crippen LogP contribution in [-0.2, 0) is 28.2 Å². The number of carbonyl (C=O) groups excluding carboxylic acids is 1. The number of β-amino-alcohol motifs (C(OH)–C–C–N with tert-alkyl or cyclic N) is 1. The molecule has 2 aliphatic rings. The van der Waals surface area contributed by atoms with Crippen LogP contribution in [-0.4, -0.2) is 41.7 Å². The standard InChI is InChI=1S/C23H27FN2O3/c1-16(27)25-22-5-3-2-4-17(22)13-20(28)14-26-10-8-23(9-11-26)21-7-6-19(24)12-18(21)15-29-23/h2-7,12,20,28H,8-11,13-15H2,1H3,(H,25,27)/t20-/m0/s1. The number of carbonyl (C=O) groups is 1. The summed E-state index contributed by atoms with van der Waals surface area (Å²) in [4.78, 5) is 13.6. The van der Waals surface area contributed by atoms with Gasteiger partial charge in [-0.3, -0.25) is 4.79 Å². The highest BCUT2D eigenvalue weighted by molar-refractivity contribution is 5.89. The Hall–Kier alpha value is -2.28. The number of hydrogen-bond acceptors (Lipinski definition) is 4. The fourth-order valence-electron chi connectivity index (χ4n) is 4.56. The van der Waals surface area contributed by atoms with E-state index in [0.29, 0.717) is 19.6 Å². The molecule has 1 amide bonds. The van der Waals surface area contributed by atoms with Gasteiger partial charge in [-0.05, 0) is 47.7 Å². The number of anilines is 1. The van der Waals surface area contributed by atoms with E-state index in [4.69, 9.17) is 4.74 Å². The fourth-order valence-corrected chi connectivity index (χ4v) is 4.56. The Bertz CT molecular complexity index is 893. The third kappa shape index (κ3) is 4.34. The number of ether oxygens (including phenoxy) is 1. The third-order valence-electron chi connectivity index (χ3n) is 5.98. The minimum Gasteiger partial charge on any atom is -0.391 e. The Kier molecular flexibility index (Phi) is 5.67. The molecule has 6 heteroatoms. The number of fused-ring (bicyclic) bond motifs is 2. The van der Waals surface area contributed by atoms with Crippen LogP contribution in [0.2, 0.25) is 0 Å². The maximum absolute atomic E-state index is 13.5. The molecule has 5 nitrogen and oxygen atoms in total. The minimum absolute atomic E-state index is 0.120. The van der Waals surface area contributed by atoms with Crippen LogP contribution in [0, 0.1) is 5.82 Å². The minimum atomic E-state index is -0.523. The van der Waals surface area contributed by atoms with Gasteiger partial charge in [0.2, 0.25) is 5.91 Å². The molecule has 1 saturated heterocycles. The lowest BCUT2D eigenvalue weighted by Gasteiger charge is -2.40. The molecule has 0 saturated carbocycles. The van der Waals surface area contributed by atoms with Crippen molar-refractivity contribution in [2.45, 2.75) is 44.5 Å². The maximum Gasteiger partial charge on any atom is 0.221 e. The number of benzene rings is 2. The molecule has 2 aromatic carbocycles. The maximum atomic E-state index is 13.5. The van der Waals surface area contributed by atoms with Crippen molar-refractivity contribution >= 4 is 11.6 Å². The van der Waals surface area contributed by atoms with Gasteiger partial charge in [0, 0.05) is 38.7 Å². The molecule has 2 aliphatic heterocycles. The van der Waals surface area contributed by atoms with E-state index in [0.717, 1.165) is 48.3 Å². The van der Waals surface area contributed by atoms with Gasteiger partial charge in [-0.25, -0.2) is 4.39 Å². The van der Waals surface area contributed by atoms with Crippen molar-refractivity contribution in [1.82, 2.24) is 4.90 Å². The summed E-state index contributed by atoms with van der Waals surface area (Å²) in [6.07, 6.45) is 1.63. The molecular formula is C23H27FN2O3. The van der Waals surface area contributed by atoms with Crippen molar-refractivity contribution in [3.63, 3.8) is 0 Å². The van der Waals surface area contributed by atoms with Crippen molar-refractivity contribution in [1.29, 1.82) is 0 Å². The monoisotopic (exact) mass is 398 g/mol. The molecule has 29 heavy (non-hydrogen) atoms. The second-order valence-corrected chi connectivity index (χ2v) is 8.08. The predicted molar refractivity (Wildman–Crippen MR) is 109 cm³/mol. The summed E-state index contributed by atoms with van der Waals surface area (Å²) in [5.74, 6) is -0.338. The quantitative estimate of drug-likeness (QED) is 0.812. The highest BCUT2D eigenvalue weighted by Gasteiger charge is 2.42. The van der Waals surface area contributed by atoms with E-state index in [2.05, 4.69) is 10.2 Å². The molecule has 1 fully saturated rings. The molecule has 0 aromatic heterocycles. The largest absolute Gasteiger partial charge is 0.391 e. The van der Waals surface area contributed by atoms with Crippen molar-refractivity contribution in [3.05, 3.63) is 65.0 Å². The normalized spacial score (nSPS) is 19.1. The lowest BCUT2D eigenvalue weighted by Crippen LogP contribution is -2.45. The van der Waals surface area contributed by atoms with Gasteiger partial charge in [-0.2, -0.15) is 0 Å². The molecule has 2 N–H and O–H groups in total. The number of nitrogens with zero attached hydrogens (tertiary/aromatic N) is 1. The SMILES string of the molecule is CC(=O)Nc1ccccc1C[C@H](O)CN1CCC2(CC1)OCc1cc(F)ccc12. The number of nitrogens with one attached hydrogen (secondary N) is 1. The number of para-hydroxylation sites is 1. The second-order valence-electron chi connectivity index (χ2n) is 8.08. The molecule has 2 heterocycles. The lowest BCUT2D eigenvalue weighted by molar-refractivity contribution is -0.114. The number of rotatable bonds is 5. The van der Waals surface area contributed by atoms with Gasteiger partial charge < -0.3 is 20.1 Å². The summed E-state index contributed by atoms with van der Waals surface area (Å²) in [6.45, 7) is 4.16. The van der Waals surface area contributed by atoms with E-state index in [-0.39, 0.29) is 17.3 Å². The van der Waals surface area contributed by atoms with Crippen LogP contribution in [0.3, 0.4) is 0 Å². The average molecular weight is 398 g/mol. The molecule has 154 valence electrons. The Morgan fingerprint density at radius 3 is 2.79 bits per heavy atom. The summed E-state index contributed by atoms with van der Waals surface area (Å²) < 4.78 is 19.6. The van der Waals surface area contributed by atoms with Crippen molar-refractivity contribution in [3.8, 4) is 0 Å². The number of likely N-dealkylation sites (tertiary alicyclic amines) is 1. The summed E-state index contributed by atoms with van der Waals surface area (Å²) in [7, 11) is 0. The van der Waals surface area contributed by atoms with Crippen molar-refractivity contribution in [2.24, 2.45) is 0 Å². The van der Waals surface area contributed by atoms with Gasteiger partial charge in [-0.15, -0.1) is 0 Å². The predicted octanol–water partition coefficient (Wildman–Crippen LogP) is 3.21. The van der Waals surface area contributed by atoms with Gasteiger partial charge >= 0.3 is 0 Å². The van der Waals surface area contributed by atoms with E-state index >= 15 is 0 Å². The first-order valence-electron chi connectivity index (χ1n) is 10.1. The van der Waals surface area contributed by atoms with E-state index in [1.54, 1.807) is 6.07 Å². The fraction of sp³-hybridized carbons (Fsp3) is 0.435. The van der Waals surface area contributed by atoms with Crippen molar-refractivity contribution < 1.29 is 19.0 Å². The first kappa shape index (κ1) is 20.0. The van der Waals surface area contributed by atoms with Crippen LogP contribution >= 0.6 is 0 Å². The van der Waals surface area contributed by atoms with E-state index in [1.807, 2.05) is 30.3 Å². The highest BCUT2D eigenvalue weighted by Crippen LogP contribution is 2.44. The average Bonchev–Trinajstić information content (AvgIpc) is 3.02. The zero-order valence-electron chi connectivity index (χ0n) is 16.7. The first-order chi connectivity index (χ1) is 13.9. The van der Waals surface area contributed by atoms with E-state index in [1.165, 1.54) is 13.0 Å². The smallest absolute Gasteiger partial charge is 0.221 e. The summed E-state index contributed by atoms with van der Waals surface area (Å²) in [5.41, 5.74) is 3.43. The molecule has 0 aliphatic carbocycles. The van der Waals surface area contributed by atoms with Crippen LogP contribution < -0.4 is 5.32 Å².